The summed E-state index contributed by atoms with van der Waals surface area (Å²) < 4.78 is 2.04. The highest BCUT2D eigenvalue weighted by Crippen LogP contribution is 2.18. The van der Waals surface area contributed by atoms with E-state index in [1.165, 1.54) is 0 Å². The minimum absolute atomic E-state index is 0.567. The summed E-state index contributed by atoms with van der Waals surface area (Å²) in [6.07, 6.45) is 4.71. The topological polar surface area (TPSA) is 38.1 Å². The Labute approximate surface area is 136 Å². The predicted octanol–water partition coefficient (Wildman–Crippen LogP) is 3.40. The Morgan fingerprint density at radius 3 is 2.57 bits per heavy atom. The zero-order valence-electron chi connectivity index (χ0n) is 13.1. The summed E-state index contributed by atoms with van der Waals surface area (Å²) in [7, 11) is 0. The van der Waals surface area contributed by atoms with Crippen LogP contribution in [0.25, 0.3) is 0 Å². The first kappa shape index (κ1) is 15.0. The first-order valence-corrected chi connectivity index (χ1v) is 7.58. The van der Waals surface area contributed by atoms with Crippen LogP contribution in [0.15, 0.2) is 67.1 Å². The maximum absolute atomic E-state index is 11.5. The second-order valence-corrected chi connectivity index (χ2v) is 5.58. The number of hydrogen-bond acceptors (Lipinski definition) is 2. The number of aryl methyl sites for hydroxylation is 1. The maximum Gasteiger partial charge on any atom is 0.214 e. The Kier molecular flexibility index (Phi) is 4.52. The molecule has 1 heterocycles. The van der Waals surface area contributed by atoms with E-state index in [0.717, 1.165) is 35.5 Å². The molecule has 3 aromatic rings. The molecule has 0 atom stereocenters. The van der Waals surface area contributed by atoms with Gasteiger partial charge in [-0.1, -0.05) is 42.5 Å². The molecule has 23 heavy (non-hydrogen) atoms. The number of rotatable bonds is 6. The number of aromatic nitrogens is 2. The van der Waals surface area contributed by atoms with Crippen LogP contribution >= 0.6 is 0 Å². The molecule has 2 aromatic carbocycles. The molecule has 4 heteroatoms. The molecule has 0 fully saturated rings. The van der Waals surface area contributed by atoms with Gasteiger partial charge < -0.3 is 9.47 Å². The molecule has 0 aliphatic rings. The van der Waals surface area contributed by atoms with Crippen molar-refractivity contribution in [2.45, 2.75) is 20.0 Å². The van der Waals surface area contributed by atoms with Crippen LogP contribution in [0.3, 0.4) is 0 Å². The van der Waals surface area contributed by atoms with E-state index in [0.29, 0.717) is 6.54 Å². The minimum Gasteiger partial charge on any atom is -0.333 e. The van der Waals surface area contributed by atoms with Crippen LogP contribution in [0, 0.1) is 6.92 Å². The fourth-order valence-electron chi connectivity index (χ4n) is 2.57. The van der Waals surface area contributed by atoms with Crippen molar-refractivity contribution in [3.05, 3.63) is 83.9 Å². The standard InChI is InChI=1S/C19H19N3O/c1-16-11-21(14-20-16)12-18-8-5-9-19(10-18)22(15-23)13-17-6-3-2-4-7-17/h2-11,14-15H,12-13H2,1H3. The van der Waals surface area contributed by atoms with E-state index >= 15 is 0 Å². The van der Waals surface area contributed by atoms with E-state index in [-0.39, 0.29) is 0 Å². The van der Waals surface area contributed by atoms with E-state index in [9.17, 15) is 4.79 Å². The third-order valence-electron chi connectivity index (χ3n) is 3.69. The molecule has 1 aromatic heterocycles. The molecule has 0 saturated carbocycles. The SMILES string of the molecule is Cc1cn(Cc2cccc(N(C=O)Cc3ccccc3)c2)cn1. The quantitative estimate of drug-likeness (QED) is 0.655. The van der Waals surface area contributed by atoms with Gasteiger partial charge in [0.25, 0.3) is 0 Å². The Morgan fingerprint density at radius 2 is 1.87 bits per heavy atom. The van der Waals surface area contributed by atoms with Crippen LogP contribution in [0.1, 0.15) is 16.8 Å². The van der Waals surface area contributed by atoms with Crippen LogP contribution in [0.5, 0.6) is 0 Å². The van der Waals surface area contributed by atoms with Gasteiger partial charge >= 0.3 is 0 Å². The van der Waals surface area contributed by atoms with Crippen molar-refractivity contribution < 1.29 is 4.79 Å². The van der Waals surface area contributed by atoms with Crippen molar-refractivity contribution in [2.24, 2.45) is 0 Å². The van der Waals surface area contributed by atoms with Gasteiger partial charge in [-0.2, -0.15) is 0 Å². The van der Waals surface area contributed by atoms with E-state index in [1.807, 2.05) is 72.5 Å². The molecule has 4 nitrogen and oxygen atoms in total. The number of amides is 1. The lowest BCUT2D eigenvalue weighted by atomic mass is 10.1. The zero-order valence-corrected chi connectivity index (χ0v) is 13.1. The highest BCUT2D eigenvalue weighted by atomic mass is 16.1. The van der Waals surface area contributed by atoms with Crippen LogP contribution in [0.2, 0.25) is 0 Å². The van der Waals surface area contributed by atoms with Gasteiger partial charge in [-0.25, -0.2) is 4.98 Å². The first-order valence-electron chi connectivity index (χ1n) is 7.58. The van der Waals surface area contributed by atoms with E-state index in [4.69, 9.17) is 0 Å². The third-order valence-corrected chi connectivity index (χ3v) is 3.69. The van der Waals surface area contributed by atoms with E-state index < -0.39 is 0 Å². The minimum atomic E-state index is 0.567. The third kappa shape index (κ3) is 3.86. The first-order chi connectivity index (χ1) is 11.2. The van der Waals surface area contributed by atoms with Gasteiger partial charge in [-0.3, -0.25) is 4.79 Å². The van der Waals surface area contributed by atoms with Crippen LogP contribution in [0.4, 0.5) is 5.69 Å². The molecule has 0 aliphatic carbocycles. The van der Waals surface area contributed by atoms with Gasteiger partial charge in [0.1, 0.15) is 0 Å². The average molecular weight is 305 g/mol. The molecular formula is C19H19N3O. The fourth-order valence-corrected chi connectivity index (χ4v) is 2.57. The number of hydrogen-bond donors (Lipinski definition) is 0. The number of nitrogens with zero attached hydrogens (tertiary/aromatic N) is 3. The number of imidazole rings is 1. The lowest BCUT2D eigenvalue weighted by Crippen LogP contribution is -2.20. The molecule has 3 rings (SSSR count). The molecule has 0 N–H and O–H groups in total. The monoisotopic (exact) mass is 305 g/mol. The largest absolute Gasteiger partial charge is 0.333 e. The van der Waals surface area contributed by atoms with Crippen molar-refractivity contribution in [1.82, 2.24) is 9.55 Å². The summed E-state index contributed by atoms with van der Waals surface area (Å²) in [6, 6.07) is 18.0. The average Bonchev–Trinajstić information content (AvgIpc) is 2.99. The summed E-state index contributed by atoms with van der Waals surface area (Å²) in [6.45, 7) is 3.28. The summed E-state index contributed by atoms with van der Waals surface area (Å²) in [5, 5.41) is 0. The summed E-state index contributed by atoms with van der Waals surface area (Å²) in [5.41, 5.74) is 4.15. The van der Waals surface area contributed by atoms with Gasteiger partial charge in [-0.05, 0) is 30.2 Å². The second-order valence-electron chi connectivity index (χ2n) is 5.58. The Bertz CT molecular complexity index is 780. The lowest BCUT2D eigenvalue weighted by Gasteiger charge is -2.18. The van der Waals surface area contributed by atoms with Crippen molar-refractivity contribution in [3.63, 3.8) is 0 Å². The van der Waals surface area contributed by atoms with Gasteiger partial charge in [0.2, 0.25) is 6.41 Å². The van der Waals surface area contributed by atoms with Crippen molar-refractivity contribution >= 4 is 12.1 Å². The van der Waals surface area contributed by atoms with Crippen molar-refractivity contribution in [2.75, 3.05) is 4.90 Å². The molecule has 1 amide bonds. The highest BCUT2D eigenvalue weighted by Gasteiger charge is 2.07. The second kappa shape index (κ2) is 6.92. The van der Waals surface area contributed by atoms with Gasteiger partial charge in [0.05, 0.1) is 18.6 Å². The van der Waals surface area contributed by atoms with Gasteiger partial charge in [0.15, 0.2) is 0 Å². The fraction of sp³-hybridized carbons (Fsp3) is 0.158. The summed E-state index contributed by atoms with van der Waals surface area (Å²) >= 11 is 0. The smallest absolute Gasteiger partial charge is 0.214 e. The molecule has 0 radical (unpaired) electrons. The zero-order chi connectivity index (χ0) is 16.1. The molecule has 0 aliphatic heterocycles. The molecular weight excluding hydrogens is 286 g/mol. The maximum atomic E-state index is 11.5. The van der Waals surface area contributed by atoms with Crippen LogP contribution in [-0.2, 0) is 17.9 Å². The molecule has 0 bridgehead atoms. The van der Waals surface area contributed by atoms with E-state index in [1.54, 1.807) is 4.90 Å². The normalized spacial score (nSPS) is 10.5. The number of benzene rings is 2. The number of carbonyl (C=O) groups is 1. The Hall–Kier alpha value is -2.88. The Morgan fingerprint density at radius 1 is 1.09 bits per heavy atom. The van der Waals surface area contributed by atoms with Crippen molar-refractivity contribution in [3.8, 4) is 0 Å². The number of carbonyl (C=O) groups excluding carboxylic acids is 1. The van der Waals surface area contributed by atoms with Crippen molar-refractivity contribution in [1.29, 1.82) is 0 Å². The Balaban J connectivity index is 1.78. The molecule has 0 spiro atoms. The molecule has 0 unspecified atom stereocenters. The molecule has 0 saturated heterocycles. The van der Waals surface area contributed by atoms with Crippen LogP contribution in [-0.4, -0.2) is 16.0 Å². The van der Waals surface area contributed by atoms with E-state index in [2.05, 4.69) is 11.1 Å². The molecule has 116 valence electrons. The predicted molar refractivity (Wildman–Crippen MR) is 91.2 cm³/mol. The summed E-state index contributed by atoms with van der Waals surface area (Å²) in [5.74, 6) is 0. The van der Waals surface area contributed by atoms with Crippen LogP contribution < -0.4 is 4.90 Å². The lowest BCUT2D eigenvalue weighted by molar-refractivity contribution is -0.107. The van der Waals surface area contributed by atoms with Gasteiger partial charge in [0, 0.05) is 18.4 Å². The van der Waals surface area contributed by atoms with Gasteiger partial charge in [-0.15, -0.1) is 0 Å². The highest BCUT2D eigenvalue weighted by molar-refractivity contribution is 5.75. The summed E-state index contributed by atoms with van der Waals surface area (Å²) in [4.78, 5) is 17.5. The number of anilines is 1.